The van der Waals surface area contributed by atoms with Gasteiger partial charge in [-0.1, -0.05) is 22.0 Å². The number of likely N-dealkylation sites (N-methyl/N-ethyl adjacent to an activating group) is 1. The van der Waals surface area contributed by atoms with Crippen molar-refractivity contribution in [1.82, 2.24) is 10.2 Å². The molecule has 0 saturated carbocycles. The first-order chi connectivity index (χ1) is 8.66. The summed E-state index contributed by atoms with van der Waals surface area (Å²) in [6.45, 7) is 4.39. The molecule has 0 amide bonds. The zero-order valence-corrected chi connectivity index (χ0v) is 12.8. The van der Waals surface area contributed by atoms with Crippen LogP contribution in [0.25, 0.3) is 0 Å². The maximum atomic E-state index is 3.57. The summed E-state index contributed by atoms with van der Waals surface area (Å²) in [6.07, 6.45) is 1.20. The molecule has 1 aliphatic rings. The van der Waals surface area contributed by atoms with Gasteiger partial charge in [-0.25, -0.2) is 0 Å². The van der Waals surface area contributed by atoms with E-state index in [4.69, 9.17) is 0 Å². The predicted octanol–water partition coefficient (Wildman–Crippen LogP) is 2.18. The van der Waals surface area contributed by atoms with E-state index in [1.54, 1.807) is 0 Å². The van der Waals surface area contributed by atoms with Crippen molar-refractivity contribution in [3.63, 3.8) is 0 Å². The minimum atomic E-state index is 0.539. The fraction of sp³-hybridized carbons (Fsp3) is 0.571. The molecule has 1 aromatic rings. The topological polar surface area (TPSA) is 18.5 Å². The minimum Gasteiger partial charge on any atom is -0.366 e. The van der Waals surface area contributed by atoms with Crippen LogP contribution in [-0.4, -0.2) is 51.2 Å². The van der Waals surface area contributed by atoms with Gasteiger partial charge in [0.1, 0.15) is 0 Å². The van der Waals surface area contributed by atoms with E-state index in [1.807, 2.05) is 0 Å². The molecule has 0 spiro atoms. The Morgan fingerprint density at radius 1 is 1.44 bits per heavy atom. The monoisotopic (exact) mass is 311 g/mol. The van der Waals surface area contributed by atoms with E-state index in [1.165, 1.54) is 12.1 Å². The number of nitrogens with one attached hydrogen (secondary N) is 1. The number of hydrogen-bond acceptors (Lipinski definition) is 3. The fourth-order valence-electron chi connectivity index (χ4n) is 2.52. The molecule has 1 unspecified atom stereocenters. The van der Waals surface area contributed by atoms with Gasteiger partial charge in [-0.3, -0.25) is 0 Å². The summed E-state index contributed by atoms with van der Waals surface area (Å²) >= 11 is 3.57. The van der Waals surface area contributed by atoms with Crippen LogP contribution in [0.3, 0.4) is 0 Å². The summed E-state index contributed by atoms with van der Waals surface area (Å²) in [6, 6.07) is 9.16. The molecule has 1 atom stereocenters. The van der Waals surface area contributed by atoms with Crippen molar-refractivity contribution in [1.29, 1.82) is 0 Å². The van der Waals surface area contributed by atoms with Crippen LogP contribution in [-0.2, 0) is 0 Å². The van der Waals surface area contributed by atoms with Gasteiger partial charge >= 0.3 is 0 Å². The van der Waals surface area contributed by atoms with E-state index in [-0.39, 0.29) is 0 Å². The van der Waals surface area contributed by atoms with Gasteiger partial charge in [-0.15, -0.1) is 0 Å². The van der Waals surface area contributed by atoms with E-state index in [9.17, 15) is 0 Å². The Morgan fingerprint density at radius 2 is 2.28 bits per heavy atom. The summed E-state index contributed by atoms with van der Waals surface area (Å²) < 4.78 is 1.15. The molecule has 1 N–H and O–H groups in total. The lowest BCUT2D eigenvalue weighted by Crippen LogP contribution is -2.46. The van der Waals surface area contributed by atoms with Crippen LogP contribution in [0.15, 0.2) is 28.7 Å². The molecule has 100 valence electrons. The number of anilines is 1. The highest BCUT2D eigenvalue weighted by Gasteiger charge is 2.21. The summed E-state index contributed by atoms with van der Waals surface area (Å²) in [5, 5.41) is 3.54. The van der Waals surface area contributed by atoms with Crippen LogP contribution < -0.4 is 10.2 Å². The van der Waals surface area contributed by atoms with Gasteiger partial charge in [0.2, 0.25) is 0 Å². The lowest BCUT2D eigenvalue weighted by Gasteiger charge is -2.33. The lowest BCUT2D eigenvalue weighted by molar-refractivity contribution is 0.361. The number of nitrogens with zero attached hydrogens (tertiary/aromatic N) is 2. The average Bonchev–Trinajstić information content (AvgIpc) is 2.54. The Balaban J connectivity index is 2.19. The second kappa shape index (κ2) is 6.55. The lowest BCUT2D eigenvalue weighted by atomic mass is 10.2. The van der Waals surface area contributed by atoms with Gasteiger partial charge in [0.15, 0.2) is 0 Å². The maximum Gasteiger partial charge on any atom is 0.0541 e. The summed E-state index contributed by atoms with van der Waals surface area (Å²) in [5.41, 5.74) is 1.32. The minimum absolute atomic E-state index is 0.539. The van der Waals surface area contributed by atoms with Crippen molar-refractivity contribution >= 4 is 21.6 Å². The average molecular weight is 312 g/mol. The molecule has 0 bridgehead atoms. The highest BCUT2D eigenvalue weighted by molar-refractivity contribution is 9.10. The first-order valence-corrected chi connectivity index (χ1v) is 7.34. The Hall–Kier alpha value is -0.580. The third-order valence-corrected chi connectivity index (χ3v) is 3.78. The molecule has 0 radical (unpaired) electrons. The second-order valence-electron chi connectivity index (χ2n) is 5.15. The number of hydrogen-bond donors (Lipinski definition) is 1. The Bertz CT molecular complexity index is 381. The smallest absolute Gasteiger partial charge is 0.0541 e. The second-order valence-corrected chi connectivity index (χ2v) is 6.06. The van der Waals surface area contributed by atoms with Crippen molar-refractivity contribution in [2.45, 2.75) is 12.5 Å². The van der Waals surface area contributed by atoms with Gasteiger partial charge in [-0.2, -0.15) is 0 Å². The predicted molar refractivity (Wildman–Crippen MR) is 81.3 cm³/mol. The van der Waals surface area contributed by atoms with Crippen LogP contribution >= 0.6 is 15.9 Å². The van der Waals surface area contributed by atoms with Crippen LogP contribution in [0, 0.1) is 0 Å². The third-order valence-electron chi connectivity index (χ3n) is 3.29. The molecule has 1 saturated heterocycles. The normalized spacial score (nSPS) is 21.1. The van der Waals surface area contributed by atoms with Gasteiger partial charge < -0.3 is 15.1 Å². The Kier molecular flexibility index (Phi) is 5.03. The zero-order valence-electron chi connectivity index (χ0n) is 11.2. The first-order valence-electron chi connectivity index (χ1n) is 6.54. The molecule has 2 rings (SSSR count). The molecule has 0 aliphatic carbocycles. The molecule has 1 fully saturated rings. The van der Waals surface area contributed by atoms with Gasteiger partial charge in [0.25, 0.3) is 0 Å². The number of benzene rings is 1. The van der Waals surface area contributed by atoms with E-state index >= 15 is 0 Å². The van der Waals surface area contributed by atoms with Crippen molar-refractivity contribution in [2.24, 2.45) is 0 Å². The summed E-state index contributed by atoms with van der Waals surface area (Å²) in [4.78, 5) is 4.80. The van der Waals surface area contributed by atoms with E-state index < -0.39 is 0 Å². The first kappa shape index (κ1) is 13.8. The molecule has 3 nitrogen and oxygen atoms in total. The van der Waals surface area contributed by atoms with Crippen molar-refractivity contribution in [3.8, 4) is 0 Å². The van der Waals surface area contributed by atoms with E-state index in [2.05, 4.69) is 69.4 Å². The SMILES string of the molecule is CN(C)CC1CNCCCN1c1cccc(Br)c1. The summed E-state index contributed by atoms with van der Waals surface area (Å²) in [5.74, 6) is 0. The van der Waals surface area contributed by atoms with Gasteiger partial charge in [0.05, 0.1) is 6.04 Å². The van der Waals surface area contributed by atoms with Gasteiger partial charge in [0, 0.05) is 29.8 Å². The molecule has 1 heterocycles. The molecular weight excluding hydrogens is 290 g/mol. The molecule has 0 aromatic heterocycles. The van der Waals surface area contributed by atoms with Crippen molar-refractivity contribution < 1.29 is 0 Å². The number of rotatable bonds is 3. The third kappa shape index (κ3) is 3.70. The van der Waals surface area contributed by atoms with E-state index in [0.717, 1.165) is 30.7 Å². The number of halogens is 1. The van der Waals surface area contributed by atoms with Crippen molar-refractivity contribution in [2.75, 3.05) is 45.2 Å². The zero-order chi connectivity index (χ0) is 13.0. The van der Waals surface area contributed by atoms with E-state index in [0.29, 0.717) is 6.04 Å². The maximum absolute atomic E-state index is 3.57. The molecule has 4 heteroatoms. The quantitative estimate of drug-likeness (QED) is 0.923. The standard InChI is InChI=1S/C14H22BrN3/c1-17(2)11-14-10-16-7-4-8-18(14)13-6-3-5-12(15)9-13/h3,5-6,9,14,16H,4,7-8,10-11H2,1-2H3. The van der Waals surface area contributed by atoms with Crippen LogP contribution in [0.1, 0.15) is 6.42 Å². The highest BCUT2D eigenvalue weighted by Crippen LogP contribution is 2.23. The van der Waals surface area contributed by atoms with Crippen LogP contribution in [0.2, 0.25) is 0 Å². The molecule has 1 aromatic carbocycles. The molecule has 18 heavy (non-hydrogen) atoms. The fourth-order valence-corrected chi connectivity index (χ4v) is 2.90. The molecule has 1 aliphatic heterocycles. The largest absolute Gasteiger partial charge is 0.366 e. The van der Waals surface area contributed by atoms with Gasteiger partial charge in [-0.05, 0) is 45.3 Å². The van der Waals surface area contributed by atoms with Crippen molar-refractivity contribution in [3.05, 3.63) is 28.7 Å². The Morgan fingerprint density at radius 3 is 3.00 bits per heavy atom. The summed E-state index contributed by atoms with van der Waals surface area (Å²) in [7, 11) is 4.29. The molecular formula is C14H22BrN3. The Labute approximate surface area is 118 Å². The highest BCUT2D eigenvalue weighted by atomic mass is 79.9. The van der Waals surface area contributed by atoms with Crippen LogP contribution in [0.5, 0.6) is 0 Å². The van der Waals surface area contributed by atoms with Crippen LogP contribution in [0.4, 0.5) is 5.69 Å².